The summed E-state index contributed by atoms with van der Waals surface area (Å²) < 4.78 is 1.68. The van der Waals surface area contributed by atoms with Crippen molar-refractivity contribution < 1.29 is 4.79 Å². The van der Waals surface area contributed by atoms with Crippen molar-refractivity contribution >= 4 is 23.1 Å². The topological polar surface area (TPSA) is 93.7 Å². The van der Waals surface area contributed by atoms with Gasteiger partial charge in [0.2, 0.25) is 5.91 Å². The van der Waals surface area contributed by atoms with Crippen LogP contribution in [0.25, 0.3) is 5.65 Å². The van der Waals surface area contributed by atoms with E-state index in [0.29, 0.717) is 5.56 Å². The molecule has 0 atom stereocenters. The molecular formula is C23H26N8O. The molecule has 3 aromatic rings. The number of nitriles is 1. The van der Waals surface area contributed by atoms with Gasteiger partial charge in [-0.25, -0.2) is 0 Å². The zero-order valence-electron chi connectivity index (χ0n) is 18.0. The maximum atomic E-state index is 13.2. The highest BCUT2D eigenvalue weighted by molar-refractivity contribution is 5.79. The molecule has 2 saturated heterocycles. The van der Waals surface area contributed by atoms with Crippen LogP contribution in [0.15, 0.2) is 42.7 Å². The second kappa shape index (κ2) is 8.83. The standard InChI is InChI=1S/C23H26N8O/c24-16-18-2-4-20(5-3-18)28-10-1-11-30(15-14-28)23(32)19-8-12-29(13-9-19)22-7-6-21-26-25-17-31(21)27-22/h2-7,17,19H,1,8-15H2. The van der Waals surface area contributed by atoms with Gasteiger partial charge in [-0.15, -0.1) is 15.3 Å². The Morgan fingerprint density at radius 1 is 0.938 bits per heavy atom. The summed E-state index contributed by atoms with van der Waals surface area (Å²) >= 11 is 0. The lowest BCUT2D eigenvalue weighted by Crippen LogP contribution is -2.44. The molecule has 0 unspecified atom stereocenters. The van der Waals surface area contributed by atoms with Crippen molar-refractivity contribution in [3.63, 3.8) is 0 Å². The SMILES string of the molecule is N#Cc1ccc(N2CCCN(C(=O)C3CCN(c4ccc5nncn5n4)CC3)CC2)cc1. The molecule has 32 heavy (non-hydrogen) atoms. The summed E-state index contributed by atoms with van der Waals surface area (Å²) in [6.45, 7) is 4.93. The average Bonchev–Trinajstić information content (AvgIpc) is 3.19. The van der Waals surface area contributed by atoms with E-state index >= 15 is 0 Å². The summed E-state index contributed by atoms with van der Waals surface area (Å²) in [6, 6.07) is 13.8. The lowest BCUT2D eigenvalue weighted by atomic mass is 9.95. The number of rotatable bonds is 3. The zero-order valence-corrected chi connectivity index (χ0v) is 18.0. The Morgan fingerprint density at radius 2 is 1.75 bits per heavy atom. The molecule has 2 aliphatic heterocycles. The van der Waals surface area contributed by atoms with Gasteiger partial charge in [0.15, 0.2) is 5.65 Å². The normalized spacial score (nSPS) is 17.9. The summed E-state index contributed by atoms with van der Waals surface area (Å²) in [5.41, 5.74) is 2.52. The number of hydrogen-bond donors (Lipinski definition) is 0. The van der Waals surface area contributed by atoms with E-state index in [4.69, 9.17) is 5.26 Å². The molecule has 1 amide bonds. The van der Waals surface area contributed by atoms with Gasteiger partial charge < -0.3 is 14.7 Å². The van der Waals surface area contributed by atoms with Gasteiger partial charge in [-0.3, -0.25) is 4.79 Å². The molecule has 0 aliphatic carbocycles. The molecule has 2 aliphatic rings. The number of hydrogen-bond acceptors (Lipinski definition) is 7. The Balaban J connectivity index is 1.16. The van der Waals surface area contributed by atoms with E-state index < -0.39 is 0 Å². The Kier molecular flexibility index (Phi) is 5.58. The van der Waals surface area contributed by atoms with E-state index in [1.54, 1.807) is 10.8 Å². The molecule has 5 rings (SSSR count). The fourth-order valence-corrected chi connectivity index (χ4v) is 4.64. The molecular weight excluding hydrogens is 404 g/mol. The number of nitrogens with zero attached hydrogens (tertiary/aromatic N) is 8. The molecule has 164 valence electrons. The van der Waals surface area contributed by atoms with E-state index in [0.717, 1.165) is 75.7 Å². The Labute approximate surface area is 186 Å². The molecule has 0 saturated carbocycles. The largest absolute Gasteiger partial charge is 0.370 e. The quantitative estimate of drug-likeness (QED) is 0.627. The van der Waals surface area contributed by atoms with Crippen LogP contribution in [-0.4, -0.2) is 69.9 Å². The Hall–Kier alpha value is -3.67. The van der Waals surface area contributed by atoms with Gasteiger partial charge in [0.1, 0.15) is 12.1 Å². The van der Waals surface area contributed by atoms with E-state index in [1.165, 1.54) is 0 Å². The number of aromatic nitrogens is 4. The van der Waals surface area contributed by atoms with Crippen molar-refractivity contribution in [3.05, 3.63) is 48.3 Å². The number of carbonyl (C=O) groups excluding carboxylic acids is 1. The highest BCUT2D eigenvalue weighted by atomic mass is 16.2. The van der Waals surface area contributed by atoms with E-state index in [-0.39, 0.29) is 11.8 Å². The minimum atomic E-state index is 0.0753. The highest BCUT2D eigenvalue weighted by Crippen LogP contribution is 2.25. The second-order valence-electron chi connectivity index (χ2n) is 8.41. The number of piperidine rings is 1. The highest BCUT2D eigenvalue weighted by Gasteiger charge is 2.30. The lowest BCUT2D eigenvalue weighted by Gasteiger charge is -2.34. The van der Waals surface area contributed by atoms with E-state index in [1.807, 2.05) is 41.3 Å². The zero-order chi connectivity index (χ0) is 21.9. The summed E-state index contributed by atoms with van der Waals surface area (Å²) in [6.07, 6.45) is 4.25. The fraction of sp³-hybridized carbons (Fsp3) is 0.435. The average molecular weight is 431 g/mol. The molecule has 0 bridgehead atoms. The van der Waals surface area contributed by atoms with Crippen LogP contribution >= 0.6 is 0 Å². The van der Waals surface area contributed by atoms with E-state index in [2.05, 4.69) is 31.2 Å². The minimum absolute atomic E-state index is 0.0753. The first kappa shape index (κ1) is 20.2. The molecule has 4 heterocycles. The van der Waals surface area contributed by atoms with Crippen LogP contribution in [0, 0.1) is 17.2 Å². The van der Waals surface area contributed by atoms with Crippen LogP contribution in [0.2, 0.25) is 0 Å². The number of benzene rings is 1. The van der Waals surface area contributed by atoms with Crippen molar-refractivity contribution in [2.24, 2.45) is 5.92 Å². The molecule has 9 nitrogen and oxygen atoms in total. The number of carbonyl (C=O) groups is 1. The van der Waals surface area contributed by atoms with Crippen LogP contribution in [0.4, 0.5) is 11.5 Å². The van der Waals surface area contributed by atoms with Gasteiger partial charge in [0.25, 0.3) is 0 Å². The van der Waals surface area contributed by atoms with Gasteiger partial charge in [0, 0.05) is 50.9 Å². The van der Waals surface area contributed by atoms with Crippen molar-refractivity contribution in [1.29, 1.82) is 5.26 Å². The maximum absolute atomic E-state index is 13.2. The summed E-state index contributed by atoms with van der Waals surface area (Å²) in [5, 5.41) is 21.5. The Morgan fingerprint density at radius 3 is 2.53 bits per heavy atom. The van der Waals surface area contributed by atoms with Gasteiger partial charge >= 0.3 is 0 Å². The first-order chi connectivity index (χ1) is 15.7. The lowest BCUT2D eigenvalue weighted by molar-refractivity contribution is -0.135. The smallest absolute Gasteiger partial charge is 0.225 e. The molecule has 9 heteroatoms. The van der Waals surface area contributed by atoms with Crippen LogP contribution in [0.5, 0.6) is 0 Å². The van der Waals surface area contributed by atoms with Crippen LogP contribution < -0.4 is 9.80 Å². The first-order valence-corrected chi connectivity index (χ1v) is 11.2. The molecule has 2 fully saturated rings. The molecule has 0 N–H and O–H groups in total. The third-order valence-electron chi connectivity index (χ3n) is 6.48. The molecule has 0 radical (unpaired) electrons. The predicted molar refractivity (Wildman–Crippen MR) is 120 cm³/mol. The van der Waals surface area contributed by atoms with Crippen molar-refractivity contribution in [3.8, 4) is 6.07 Å². The second-order valence-corrected chi connectivity index (χ2v) is 8.41. The molecule has 0 spiro atoms. The summed E-state index contributed by atoms with van der Waals surface area (Å²) in [4.78, 5) is 19.8. The molecule has 2 aromatic heterocycles. The third kappa shape index (κ3) is 4.08. The van der Waals surface area contributed by atoms with Crippen molar-refractivity contribution in [1.82, 2.24) is 24.7 Å². The van der Waals surface area contributed by atoms with Crippen LogP contribution in [0.1, 0.15) is 24.8 Å². The van der Waals surface area contributed by atoms with Crippen LogP contribution in [0.3, 0.4) is 0 Å². The number of fused-ring (bicyclic) bond motifs is 1. The summed E-state index contributed by atoms with van der Waals surface area (Å²) in [7, 11) is 0. The summed E-state index contributed by atoms with van der Waals surface area (Å²) in [5.74, 6) is 1.26. The van der Waals surface area contributed by atoms with Gasteiger partial charge in [-0.05, 0) is 55.7 Å². The van der Waals surface area contributed by atoms with Gasteiger partial charge in [-0.2, -0.15) is 9.78 Å². The van der Waals surface area contributed by atoms with Gasteiger partial charge in [-0.1, -0.05) is 0 Å². The minimum Gasteiger partial charge on any atom is -0.370 e. The predicted octanol–water partition coefficient (Wildman–Crippen LogP) is 1.95. The van der Waals surface area contributed by atoms with Crippen molar-refractivity contribution in [2.75, 3.05) is 49.1 Å². The third-order valence-corrected chi connectivity index (χ3v) is 6.48. The Bertz CT molecular complexity index is 1130. The monoisotopic (exact) mass is 430 g/mol. The van der Waals surface area contributed by atoms with Gasteiger partial charge in [0.05, 0.1) is 11.6 Å². The van der Waals surface area contributed by atoms with Crippen LogP contribution in [-0.2, 0) is 4.79 Å². The van der Waals surface area contributed by atoms with Crippen molar-refractivity contribution in [2.45, 2.75) is 19.3 Å². The first-order valence-electron chi connectivity index (χ1n) is 11.2. The molecule has 1 aromatic carbocycles. The van der Waals surface area contributed by atoms with E-state index in [9.17, 15) is 4.79 Å². The maximum Gasteiger partial charge on any atom is 0.225 e. The number of anilines is 2. The fourth-order valence-electron chi connectivity index (χ4n) is 4.64. The number of amides is 1.